The summed E-state index contributed by atoms with van der Waals surface area (Å²) in [7, 11) is 1.11. The lowest BCUT2D eigenvalue weighted by Gasteiger charge is -2.03. The molecule has 74 valence electrons. The second kappa shape index (κ2) is 4.19. The normalized spacial score (nSPS) is 9.64. The molecule has 3 nitrogen and oxygen atoms in total. The third-order valence-electron chi connectivity index (χ3n) is 1.59. The Kier molecular flexibility index (Phi) is 3.19. The van der Waals surface area contributed by atoms with Crippen LogP contribution in [0.15, 0.2) is 12.1 Å². The molecule has 0 saturated heterocycles. The van der Waals surface area contributed by atoms with E-state index in [2.05, 4.69) is 4.74 Å². The molecule has 5 heteroatoms. The van der Waals surface area contributed by atoms with E-state index in [1.54, 1.807) is 0 Å². The Morgan fingerprint density at radius 2 is 2.21 bits per heavy atom. The van der Waals surface area contributed by atoms with Crippen LogP contribution in [0, 0.1) is 5.82 Å². The van der Waals surface area contributed by atoms with E-state index in [0.29, 0.717) is 6.29 Å². The smallest absolute Gasteiger partial charge is 0.340 e. The Balaban J connectivity index is 3.33. The lowest BCUT2D eigenvalue weighted by molar-refractivity contribution is 0.0595. The average molecular weight is 217 g/mol. The first-order chi connectivity index (χ1) is 6.60. The van der Waals surface area contributed by atoms with Gasteiger partial charge in [-0.2, -0.15) is 0 Å². The third kappa shape index (κ3) is 1.90. The van der Waals surface area contributed by atoms with Gasteiger partial charge in [-0.05, 0) is 12.1 Å². The molecule has 0 N–H and O–H groups in total. The molecule has 0 atom stereocenters. The fraction of sp³-hybridized carbons (Fsp3) is 0.111. The van der Waals surface area contributed by atoms with Crippen LogP contribution in [0.4, 0.5) is 4.39 Å². The maximum Gasteiger partial charge on any atom is 0.340 e. The number of methoxy groups -OCH3 is 1. The molecule has 14 heavy (non-hydrogen) atoms. The summed E-state index contributed by atoms with van der Waals surface area (Å²) in [5.41, 5.74) is -0.223. The molecule has 0 aliphatic carbocycles. The van der Waals surface area contributed by atoms with Crippen molar-refractivity contribution >= 4 is 23.9 Å². The molecule has 0 spiro atoms. The van der Waals surface area contributed by atoms with Gasteiger partial charge < -0.3 is 4.74 Å². The summed E-state index contributed by atoms with van der Waals surface area (Å²) in [5, 5.41) is -0.282. The number of carbonyl (C=O) groups excluding carboxylic acids is 2. The standard InChI is InChI=1S/C9H6ClFO3/c1-14-9(13)6-2-5(4-12)3-7(10)8(6)11/h2-4H,1H3. The van der Waals surface area contributed by atoms with Gasteiger partial charge >= 0.3 is 5.97 Å². The van der Waals surface area contributed by atoms with Gasteiger partial charge in [0.05, 0.1) is 17.7 Å². The van der Waals surface area contributed by atoms with Gasteiger partial charge in [0.2, 0.25) is 0 Å². The lowest BCUT2D eigenvalue weighted by atomic mass is 10.1. The molecule has 0 radical (unpaired) electrons. The van der Waals surface area contributed by atoms with Gasteiger partial charge in [0, 0.05) is 5.56 Å². The monoisotopic (exact) mass is 216 g/mol. The number of benzene rings is 1. The van der Waals surface area contributed by atoms with Crippen LogP contribution >= 0.6 is 11.6 Å². The molecule has 0 aliphatic rings. The van der Waals surface area contributed by atoms with E-state index >= 15 is 0 Å². The Labute approximate surface area is 84.4 Å². The first kappa shape index (κ1) is 10.7. The van der Waals surface area contributed by atoms with Gasteiger partial charge in [-0.15, -0.1) is 0 Å². The highest BCUT2D eigenvalue weighted by molar-refractivity contribution is 6.31. The quantitative estimate of drug-likeness (QED) is 0.562. The van der Waals surface area contributed by atoms with Gasteiger partial charge in [-0.1, -0.05) is 11.6 Å². The number of rotatable bonds is 2. The summed E-state index contributed by atoms with van der Waals surface area (Å²) in [6.07, 6.45) is 0.470. The largest absolute Gasteiger partial charge is 0.465 e. The molecule has 0 saturated carbocycles. The van der Waals surface area contributed by atoms with E-state index in [4.69, 9.17) is 11.6 Å². The summed E-state index contributed by atoms with van der Waals surface area (Å²) in [5.74, 6) is -1.75. The number of esters is 1. The highest BCUT2D eigenvalue weighted by Gasteiger charge is 2.16. The van der Waals surface area contributed by atoms with Gasteiger partial charge in [-0.25, -0.2) is 9.18 Å². The molecular formula is C9H6ClFO3. The number of ether oxygens (including phenoxy) is 1. The molecule has 0 bridgehead atoms. The van der Waals surface area contributed by atoms with Crippen LogP contribution in [0.2, 0.25) is 5.02 Å². The van der Waals surface area contributed by atoms with Crippen molar-refractivity contribution < 1.29 is 18.7 Å². The minimum Gasteiger partial charge on any atom is -0.465 e. The van der Waals surface area contributed by atoms with E-state index in [9.17, 15) is 14.0 Å². The summed E-state index contributed by atoms with van der Waals surface area (Å²) in [6.45, 7) is 0. The second-order valence-corrected chi connectivity index (χ2v) is 2.88. The summed E-state index contributed by atoms with van der Waals surface area (Å²) in [4.78, 5) is 21.4. The van der Waals surface area contributed by atoms with E-state index in [0.717, 1.165) is 19.2 Å². The lowest BCUT2D eigenvalue weighted by Crippen LogP contribution is -2.05. The predicted molar refractivity (Wildman–Crippen MR) is 48.1 cm³/mol. The number of hydrogen-bond acceptors (Lipinski definition) is 3. The topological polar surface area (TPSA) is 43.4 Å². The van der Waals surface area contributed by atoms with Gasteiger partial charge in [0.15, 0.2) is 5.82 Å². The molecule has 0 heterocycles. The third-order valence-corrected chi connectivity index (χ3v) is 1.87. The first-order valence-corrected chi connectivity index (χ1v) is 4.00. The highest BCUT2D eigenvalue weighted by atomic mass is 35.5. The van der Waals surface area contributed by atoms with Crippen molar-refractivity contribution in [3.05, 3.63) is 34.1 Å². The molecule has 0 aromatic heterocycles. The van der Waals surface area contributed by atoms with Crippen LogP contribution in [0.5, 0.6) is 0 Å². The van der Waals surface area contributed by atoms with Crippen molar-refractivity contribution in [1.29, 1.82) is 0 Å². The maximum absolute atomic E-state index is 13.2. The maximum atomic E-state index is 13.2. The zero-order valence-electron chi connectivity index (χ0n) is 7.21. The molecular weight excluding hydrogens is 211 g/mol. The SMILES string of the molecule is COC(=O)c1cc(C=O)cc(Cl)c1F. The van der Waals surface area contributed by atoms with Crippen LogP contribution in [0.3, 0.4) is 0 Å². The number of carbonyl (C=O) groups is 2. The predicted octanol–water partition coefficient (Wildman–Crippen LogP) is 2.08. The van der Waals surface area contributed by atoms with Gasteiger partial charge in [0.1, 0.15) is 6.29 Å². The number of hydrogen-bond donors (Lipinski definition) is 0. The van der Waals surface area contributed by atoms with Gasteiger partial charge in [0.25, 0.3) is 0 Å². The van der Waals surface area contributed by atoms with Crippen LogP contribution in [0.25, 0.3) is 0 Å². The Bertz CT molecular complexity index is 390. The van der Waals surface area contributed by atoms with Crippen LogP contribution in [-0.2, 0) is 4.74 Å². The van der Waals surface area contributed by atoms with Crippen LogP contribution < -0.4 is 0 Å². The van der Waals surface area contributed by atoms with Crippen molar-refractivity contribution in [2.75, 3.05) is 7.11 Å². The zero-order chi connectivity index (χ0) is 10.7. The molecule has 0 fully saturated rings. The average Bonchev–Trinajstić information content (AvgIpc) is 2.20. The van der Waals surface area contributed by atoms with E-state index in [-0.39, 0.29) is 16.1 Å². The van der Waals surface area contributed by atoms with Crippen LogP contribution in [-0.4, -0.2) is 19.4 Å². The molecule has 1 rings (SSSR count). The Morgan fingerprint density at radius 3 is 2.71 bits per heavy atom. The van der Waals surface area contributed by atoms with Crippen molar-refractivity contribution in [3.8, 4) is 0 Å². The molecule has 1 aromatic rings. The fourth-order valence-electron chi connectivity index (χ4n) is 0.937. The molecule has 0 amide bonds. The van der Waals surface area contributed by atoms with Crippen molar-refractivity contribution in [2.24, 2.45) is 0 Å². The number of aldehydes is 1. The number of halogens is 2. The highest BCUT2D eigenvalue weighted by Crippen LogP contribution is 2.20. The fourth-order valence-corrected chi connectivity index (χ4v) is 1.16. The summed E-state index contributed by atoms with van der Waals surface area (Å²) in [6, 6.07) is 2.22. The first-order valence-electron chi connectivity index (χ1n) is 3.62. The van der Waals surface area contributed by atoms with Crippen molar-refractivity contribution in [1.82, 2.24) is 0 Å². The summed E-state index contributed by atoms with van der Waals surface area (Å²) >= 11 is 5.46. The molecule has 0 unspecified atom stereocenters. The van der Waals surface area contributed by atoms with E-state index in [1.165, 1.54) is 0 Å². The molecule has 0 aliphatic heterocycles. The minimum absolute atomic E-state index is 0.122. The zero-order valence-corrected chi connectivity index (χ0v) is 7.97. The Morgan fingerprint density at radius 1 is 1.57 bits per heavy atom. The Hall–Kier alpha value is -1.42. The van der Waals surface area contributed by atoms with Crippen molar-refractivity contribution in [2.45, 2.75) is 0 Å². The molecule has 1 aromatic carbocycles. The van der Waals surface area contributed by atoms with Gasteiger partial charge in [-0.3, -0.25) is 4.79 Å². The summed E-state index contributed by atoms with van der Waals surface area (Å²) < 4.78 is 17.5. The van der Waals surface area contributed by atoms with Crippen molar-refractivity contribution in [3.63, 3.8) is 0 Å². The minimum atomic E-state index is -0.885. The van der Waals surface area contributed by atoms with E-state index in [1.807, 2.05) is 0 Å². The second-order valence-electron chi connectivity index (χ2n) is 2.47. The van der Waals surface area contributed by atoms with E-state index < -0.39 is 11.8 Å². The van der Waals surface area contributed by atoms with Crippen LogP contribution in [0.1, 0.15) is 20.7 Å².